The van der Waals surface area contributed by atoms with Crippen molar-refractivity contribution in [2.75, 3.05) is 26.2 Å². The number of nitro benzene ring substituents is 1. The van der Waals surface area contributed by atoms with Crippen LogP contribution in [0.5, 0.6) is 0 Å². The first kappa shape index (κ1) is 22.8. The maximum absolute atomic E-state index is 13.0. The van der Waals surface area contributed by atoms with Crippen LogP contribution in [0.3, 0.4) is 0 Å². The molecule has 3 aromatic carbocycles. The number of non-ortho nitro benzene ring substituents is 1. The molecule has 1 amide bonds. The van der Waals surface area contributed by atoms with Gasteiger partial charge in [0, 0.05) is 50.4 Å². The molecule has 172 valence electrons. The van der Waals surface area contributed by atoms with Gasteiger partial charge in [0.2, 0.25) is 0 Å². The van der Waals surface area contributed by atoms with Crippen molar-refractivity contribution in [3.8, 4) is 0 Å². The molecule has 0 unspecified atom stereocenters. The average Bonchev–Trinajstić information content (AvgIpc) is 2.78. The van der Waals surface area contributed by atoms with Crippen LogP contribution in [0.15, 0.2) is 60.7 Å². The number of carbonyl (C=O) groups is 1. The van der Waals surface area contributed by atoms with Gasteiger partial charge in [-0.05, 0) is 34.0 Å². The molecule has 0 spiro atoms. The largest absolute Gasteiger partial charge is 0.336 e. The van der Waals surface area contributed by atoms with Crippen molar-refractivity contribution in [2.45, 2.75) is 12.3 Å². The minimum Gasteiger partial charge on any atom is -0.336 e. The summed E-state index contributed by atoms with van der Waals surface area (Å²) in [6, 6.07) is 16.9. The molecule has 3 aromatic rings. The van der Waals surface area contributed by atoms with E-state index in [0.717, 1.165) is 16.3 Å². The highest BCUT2D eigenvalue weighted by molar-refractivity contribution is 7.85. The number of hydrogen-bond acceptors (Lipinski definition) is 6. The standard InChI is InChI=1S/C23H23N3O6S/c27-23(21-6-5-19-13-18(16-33(30,31)32)1-4-20(19)14-21)25-11-9-24(10-12-25)15-17-2-7-22(8-3-17)26(28)29/h1-8,13-14H,9-12,15-16H2,(H,30,31,32). The topological polar surface area (TPSA) is 121 Å². The van der Waals surface area contributed by atoms with E-state index < -0.39 is 20.8 Å². The molecular formula is C23H23N3O6S. The molecule has 0 aromatic heterocycles. The molecule has 0 radical (unpaired) electrons. The van der Waals surface area contributed by atoms with Gasteiger partial charge >= 0.3 is 0 Å². The molecule has 4 rings (SSSR count). The molecule has 1 heterocycles. The zero-order valence-electron chi connectivity index (χ0n) is 17.8. The molecule has 1 aliphatic heterocycles. The SMILES string of the molecule is O=C(c1ccc2cc(CS(=O)(=O)O)ccc2c1)N1CCN(Cc2ccc([N+](=O)[O-])cc2)CC1. The Kier molecular flexibility index (Phi) is 6.41. The third kappa shape index (κ3) is 5.72. The first-order valence-electron chi connectivity index (χ1n) is 10.4. The van der Waals surface area contributed by atoms with E-state index in [1.54, 1.807) is 53.4 Å². The second-order valence-corrected chi connectivity index (χ2v) is 9.57. The normalized spacial score (nSPS) is 15.0. The molecule has 1 N–H and O–H groups in total. The van der Waals surface area contributed by atoms with Gasteiger partial charge in [-0.1, -0.05) is 36.4 Å². The van der Waals surface area contributed by atoms with Crippen LogP contribution >= 0.6 is 0 Å². The first-order chi connectivity index (χ1) is 15.7. The molecule has 0 aliphatic carbocycles. The summed E-state index contributed by atoms with van der Waals surface area (Å²) in [7, 11) is -4.10. The van der Waals surface area contributed by atoms with E-state index in [9.17, 15) is 23.3 Å². The summed E-state index contributed by atoms with van der Waals surface area (Å²) in [5.41, 5.74) is 2.10. The Morgan fingerprint density at radius 3 is 2.15 bits per heavy atom. The Hall–Kier alpha value is -3.34. The van der Waals surface area contributed by atoms with Crippen molar-refractivity contribution < 1.29 is 22.7 Å². The van der Waals surface area contributed by atoms with Crippen molar-refractivity contribution in [3.05, 3.63) is 87.5 Å². The lowest BCUT2D eigenvalue weighted by Gasteiger charge is -2.34. The zero-order chi connectivity index (χ0) is 23.6. The number of hydrogen-bond donors (Lipinski definition) is 1. The zero-order valence-corrected chi connectivity index (χ0v) is 18.6. The van der Waals surface area contributed by atoms with E-state index in [0.29, 0.717) is 43.9 Å². The van der Waals surface area contributed by atoms with Crippen LogP contribution in [0.4, 0.5) is 5.69 Å². The summed E-state index contributed by atoms with van der Waals surface area (Å²) in [6.45, 7) is 3.24. The summed E-state index contributed by atoms with van der Waals surface area (Å²) < 4.78 is 31.2. The number of amides is 1. The van der Waals surface area contributed by atoms with Gasteiger partial charge in [-0.3, -0.25) is 24.4 Å². The van der Waals surface area contributed by atoms with E-state index >= 15 is 0 Å². The van der Waals surface area contributed by atoms with Crippen molar-refractivity contribution in [2.24, 2.45) is 0 Å². The maximum atomic E-state index is 13.0. The smallest absolute Gasteiger partial charge is 0.269 e. The third-order valence-electron chi connectivity index (χ3n) is 5.71. The molecule has 0 saturated carbocycles. The van der Waals surface area contributed by atoms with Crippen LogP contribution in [0, 0.1) is 10.1 Å². The Bertz CT molecular complexity index is 1300. The summed E-state index contributed by atoms with van der Waals surface area (Å²) in [4.78, 5) is 27.4. The fourth-order valence-corrected chi connectivity index (χ4v) is 4.60. The van der Waals surface area contributed by atoms with E-state index in [1.807, 2.05) is 0 Å². The van der Waals surface area contributed by atoms with Crippen molar-refractivity contribution >= 4 is 32.5 Å². The number of rotatable bonds is 6. The summed E-state index contributed by atoms with van der Waals surface area (Å²) >= 11 is 0. The highest BCUT2D eigenvalue weighted by atomic mass is 32.2. The minimum absolute atomic E-state index is 0.0612. The van der Waals surface area contributed by atoms with E-state index in [2.05, 4.69) is 4.90 Å². The van der Waals surface area contributed by atoms with E-state index in [-0.39, 0.29) is 11.6 Å². The number of benzene rings is 3. The molecule has 9 nitrogen and oxygen atoms in total. The van der Waals surface area contributed by atoms with Crippen LogP contribution in [0.2, 0.25) is 0 Å². The lowest BCUT2D eigenvalue weighted by Crippen LogP contribution is -2.48. The lowest BCUT2D eigenvalue weighted by atomic mass is 10.0. The van der Waals surface area contributed by atoms with Gasteiger partial charge in [0.1, 0.15) is 5.75 Å². The minimum atomic E-state index is -4.10. The van der Waals surface area contributed by atoms with Gasteiger partial charge in [-0.15, -0.1) is 0 Å². The van der Waals surface area contributed by atoms with Crippen LogP contribution in [-0.2, 0) is 22.4 Å². The van der Waals surface area contributed by atoms with Crippen molar-refractivity contribution in [1.82, 2.24) is 9.80 Å². The fraction of sp³-hybridized carbons (Fsp3) is 0.261. The highest BCUT2D eigenvalue weighted by Crippen LogP contribution is 2.21. The van der Waals surface area contributed by atoms with Gasteiger partial charge in [-0.25, -0.2) is 0 Å². The van der Waals surface area contributed by atoms with Crippen LogP contribution in [0.25, 0.3) is 10.8 Å². The van der Waals surface area contributed by atoms with Gasteiger partial charge in [-0.2, -0.15) is 8.42 Å². The average molecular weight is 470 g/mol. The molecule has 1 fully saturated rings. The predicted octanol–water partition coefficient (Wildman–Crippen LogP) is 3.09. The monoisotopic (exact) mass is 469 g/mol. The van der Waals surface area contributed by atoms with Gasteiger partial charge in [0.25, 0.3) is 21.7 Å². The predicted molar refractivity (Wildman–Crippen MR) is 123 cm³/mol. The molecule has 0 atom stereocenters. The highest BCUT2D eigenvalue weighted by Gasteiger charge is 2.22. The Balaban J connectivity index is 1.37. The van der Waals surface area contributed by atoms with Crippen LogP contribution in [0.1, 0.15) is 21.5 Å². The van der Waals surface area contributed by atoms with Gasteiger partial charge in [0.05, 0.1) is 4.92 Å². The first-order valence-corrected chi connectivity index (χ1v) is 12.0. The fourth-order valence-electron chi connectivity index (χ4n) is 4.00. The number of piperazine rings is 1. The van der Waals surface area contributed by atoms with Gasteiger partial charge in [0.15, 0.2) is 0 Å². The van der Waals surface area contributed by atoms with Crippen LogP contribution < -0.4 is 0 Å². The maximum Gasteiger partial charge on any atom is 0.269 e. The van der Waals surface area contributed by atoms with E-state index in [4.69, 9.17) is 4.55 Å². The Morgan fingerprint density at radius 1 is 0.909 bits per heavy atom. The van der Waals surface area contributed by atoms with E-state index in [1.165, 1.54) is 12.1 Å². The second-order valence-electron chi connectivity index (χ2n) is 8.11. The summed E-state index contributed by atoms with van der Waals surface area (Å²) in [6.07, 6.45) is 0. The molecule has 1 aliphatic rings. The summed E-state index contributed by atoms with van der Waals surface area (Å²) in [5, 5.41) is 12.4. The Labute approximate surface area is 191 Å². The number of nitrogens with zero attached hydrogens (tertiary/aromatic N) is 3. The lowest BCUT2D eigenvalue weighted by molar-refractivity contribution is -0.384. The molecule has 10 heteroatoms. The molecular weight excluding hydrogens is 446 g/mol. The quantitative estimate of drug-likeness (QED) is 0.334. The molecule has 1 saturated heterocycles. The molecule has 0 bridgehead atoms. The van der Waals surface area contributed by atoms with Crippen molar-refractivity contribution in [1.29, 1.82) is 0 Å². The second kappa shape index (κ2) is 9.26. The van der Waals surface area contributed by atoms with Crippen LogP contribution in [-0.4, -0.2) is 59.8 Å². The van der Waals surface area contributed by atoms with Crippen molar-refractivity contribution in [3.63, 3.8) is 0 Å². The number of nitro groups is 1. The summed E-state index contributed by atoms with van der Waals surface area (Å²) in [5.74, 6) is -0.512. The third-order valence-corrected chi connectivity index (χ3v) is 6.41. The number of carbonyl (C=O) groups excluding carboxylic acids is 1. The Morgan fingerprint density at radius 2 is 1.52 bits per heavy atom. The molecule has 33 heavy (non-hydrogen) atoms. The number of fused-ring (bicyclic) bond motifs is 1. The van der Waals surface area contributed by atoms with Gasteiger partial charge < -0.3 is 4.90 Å².